The molecule has 0 aromatic heterocycles. The van der Waals surface area contributed by atoms with E-state index in [0.717, 1.165) is 12.0 Å². The predicted molar refractivity (Wildman–Crippen MR) is 116 cm³/mol. The number of guanidine groups is 1. The summed E-state index contributed by atoms with van der Waals surface area (Å²) in [6.07, 6.45) is 0.869. The smallest absolute Gasteiger partial charge is 0.240 e. The number of nitrogens with zero attached hydrogens (tertiary/aromatic N) is 1. The minimum atomic E-state index is -3.42. The topological polar surface area (TPSA) is 96.6 Å². The molecule has 2 rings (SSSR count). The van der Waals surface area contributed by atoms with E-state index in [0.29, 0.717) is 25.6 Å². The standard InChI is InChI=1S/C18H24N4O2S.HI/c1-2-22-25(23,24)17-10-8-16(9-11-17)14-21-18(19)20-13-12-15-6-4-3-5-7-15;/h3-11,22H,2,12-14H2,1H3,(H3,19,20,21);1H. The highest BCUT2D eigenvalue weighted by Gasteiger charge is 2.11. The predicted octanol–water partition coefficient (Wildman–Crippen LogP) is 2.25. The summed E-state index contributed by atoms with van der Waals surface area (Å²) in [5, 5.41) is 3.08. The highest BCUT2D eigenvalue weighted by atomic mass is 127. The van der Waals surface area contributed by atoms with Crippen molar-refractivity contribution in [3.8, 4) is 0 Å². The third-order valence-corrected chi connectivity index (χ3v) is 5.12. The Hall–Kier alpha value is -1.65. The molecule has 26 heavy (non-hydrogen) atoms. The lowest BCUT2D eigenvalue weighted by atomic mass is 10.1. The number of nitrogens with two attached hydrogens (primary N) is 1. The second kappa shape index (κ2) is 11.1. The molecule has 0 heterocycles. The fraction of sp³-hybridized carbons (Fsp3) is 0.278. The summed E-state index contributed by atoms with van der Waals surface area (Å²) in [6, 6.07) is 16.8. The summed E-state index contributed by atoms with van der Waals surface area (Å²) < 4.78 is 26.2. The molecule has 4 N–H and O–H groups in total. The van der Waals surface area contributed by atoms with Gasteiger partial charge in [-0.15, -0.1) is 24.0 Å². The average molecular weight is 488 g/mol. The summed E-state index contributed by atoms with van der Waals surface area (Å²) in [6.45, 7) is 3.21. The average Bonchev–Trinajstić information content (AvgIpc) is 2.61. The molecule has 0 saturated heterocycles. The van der Waals surface area contributed by atoms with Crippen molar-refractivity contribution in [2.45, 2.75) is 24.8 Å². The first-order chi connectivity index (χ1) is 12.0. The van der Waals surface area contributed by atoms with Crippen molar-refractivity contribution in [2.75, 3.05) is 13.1 Å². The van der Waals surface area contributed by atoms with Crippen molar-refractivity contribution < 1.29 is 8.42 Å². The molecule has 0 spiro atoms. The summed E-state index contributed by atoms with van der Waals surface area (Å²) >= 11 is 0. The number of aliphatic imine (C=N–C) groups is 1. The Morgan fingerprint density at radius 3 is 2.31 bits per heavy atom. The van der Waals surface area contributed by atoms with Gasteiger partial charge < -0.3 is 11.1 Å². The Bertz CT molecular complexity index is 794. The summed E-state index contributed by atoms with van der Waals surface area (Å²) in [4.78, 5) is 4.52. The minimum Gasteiger partial charge on any atom is -0.370 e. The van der Waals surface area contributed by atoms with Gasteiger partial charge in [-0.3, -0.25) is 0 Å². The Kier molecular flexibility index (Phi) is 9.60. The van der Waals surface area contributed by atoms with Gasteiger partial charge in [0, 0.05) is 13.1 Å². The quantitative estimate of drug-likeness (QED) is 0.302. The second-order valence-electron chi connectivity index (χ2n) is 5.51. The van der Waals surface area contributed by atoms with Crippen LogP contribution < -0.4 is 15.8 Å². The van der Waals surface area contributed by atoms with Gasteiger partial charge in [0.1, 0.15) is 0 Å². The maximum absolute atomic E-state index is 11.9. The third kappa shape index (κ3) is 7.30. The van der Waals surface area contributed by atoms with E-state index in [1.165, 1.54) is 5.56 Å². The van der Waals surface area contributed by atoms with Crippen LogP contribution in [0.5, 0.6) is 0 Å². The van der Waals surface area contributed by atoms with Crippen molar-refractivity contribution in [1.82, 2.24) is 10.0 Å². The molecule has 0 fully saturated rings. The zero-order valence-corrected chi connectivity index (χ0v) is 17.8. The summed E-state index contributed by atoms with van der Waals surface area (Å²) in [7, 11) is -3.42. The zero-order valence-electron chi connectivity index (χ0n) is 14.7. The Morgan fingerprint density at radius 2 is 1.69 bits per heavy atom. The van der Waals surface area contributed by atoms with Gasteiger partial charge in [-0.05, 0) is 29.7 Å². The Balaban J connectivity index is 0.00000338. The van der Waals surface area contributed by atoms with Gasteiger partial charge in [0.15, 0.2) is 5.96 Å². The molecule has 2 aromatic carbocycles. The number of hydrogen-bond donors (Lipinski definition) is 3. The Morgan fingerprint density at radius 1 is 1.04 bits per heavy atom. The van der Waals surface area contributed by atoms with E-state index < -0.39 is 10.0 Å². The van der Waals surface area contributed by atoms with E-state index in [9.17, 15) is 8.42 Å². The van der Waals surface area contributed by atoms with Crippen LogP contribution in [0.25, 0.3) is 0 Å². The molecule has 0 bridgehead atoms. The fourth-order valence-electron chi connectivity index (χ4n) is 2.26. The minimum absolute atomic E-state index is 0. The van der Waals surface area contributed by atoms with E-state index in [1.807, 2.05) is 18.2 Å². The van der Waals surface area contributed by atoms with Crippen LogP contribution in [0.15, 0.2) is 64.5 Å². The molecule has 142 valence electrons. The maximum Gasteiger partial charge on any atom is 0.240 e. The Labute approximate surface area is 172 Å². The molecule has 2 aromatic rings. The van der Waals surface area contributed by atoms with E-state index in [-0.39, 0.29) is 28.9 Å². The van der Waals surface area contributed by atoms with Crippen LogP contribution >= 0.6 is 24.0 Å². The highest BCUT2D eigenvalue weighted by molar-refractivity contribution is 14.0. The second-order valence-corrected chi connectivity index (χ2v) is 7.28. The van der Waals surface area contributed by atoms with E-state index >= 15 is 0 Å². The van der Waals surface area contributed by atoms with Gasteiger partial charge in [0.2, 0.25) is 10.0 Å². The van der Waals surface area contributed by atoms with Crippen LogP contribution in [0, 0.1) is 0 Å². The largest absolute Gasteiger partial charge is 0.370 e. The van der Waals surface area contributed by atoms with Crippen molar-refractivity contribution >= 4 is 40.0 Å². The van der Waals surface area contributed by atoms with Gasteiger partial charge in [-0.1, -0.05) is 49.4 Å². The summed E-state index contributed by atoms with van der Waals surface area (Å²) in [5.74, 6) is 0.375. The van der Waals surface area contributed by atoms with Crippen LogP contribution in [0.4, 0.5) is 0 Å². The zero-order chi connectivity index (χ0) is 18.1. The van der Waals surface area contributed by atoms with Crippen LogP contribution in [-0.2, 0) is 23.0 Å². The first-order valence-electron chi connectivity index (χ1n) is 8.17. The van der Waals surface area contributed by atoms with E-state index in [1.54, 1.807) is 31.2 Å². The number of benzene rings is 2. The number of halogens is 1. The SMILES string of the molecule is CCNS(=O)(=O)c1ccc(CN=C(N)NCCc2ccccc2)cc1.I. The number of nitrogens with one attached hydrogen (secondary N) is 2. The van der Waals surface area contributed by atoms with E-state index in [4.69, 9.17) is 5.73 Å². The van der Waals surface area contributed by atoms with Gasteiger partial charge in [0.25, 0.3) is 0 Å². The molecule has 0 radical (unpaired) electrons. The van der Waals surface area contributed by atoms with Crippen LogP contribution in [0.2, 0.25) is 0 Å². The van der Waals surface area contributed by atoms with Crippen molar-refractivity contribution in [3.05, 3.63) is 65.7 Å². The first kappa shape index (κ1) is 22.4. The van der Waals surface area contributed by atoms with Crippen LogP contribution in [0.3, 0.4) is 0 Å². The number of sulfonamides is 1. The monoisotopic (exact) mass is 488 g/mol. The van der Waals surface area contributed by atoms with Gasteiger partial charge in [-0.2, -0.15) is 0 Å². The number of rotatable bonds is 8. The van der Waals surface area contributed by atoms with Crippen LogP contribution in [0.1, 0.15) is 18.1 Å². The molecular weight excluding hydrogens is 463 g/mol. The molecule has 0 unspecified atom stereocenters. The first-order valence-corrected chi connectivity index (χ1v) is 9.66. The normalized spacial score (nSPS) is 11.7. The lowest BCUT2D eigenvalue weighted by Crippen LogP contribution is -2.33. The third-order valence-electron chi connectivity index (χ3n) is 3.56. The molecule has 0 aliphatic rings. The fourth-order valence-corrected chi connectivity index (χ4v) is 3.30. The highest BCUT2D eigenvalue weighted by Crippen LogP contribution is 2.11. The lowest BCUT2D eigenvalue weighted by molar-refractivity contribution is 0.584. The lowest BCUT2D eigenvalue weighted by Gasteiger charge is -2.07. The van der Waals surface area contributed by atoms with Crippen LogP contribution in [-0.4, -0.2) is 27.5 Å². The van der Waals surface area contributed by atoms with Gasteiger partial charge in [-0.25, -0.2) is 18.1 Å². The van der Waals surface area contributed by atoms with Crippen molar-refractivity contribution in [2.24, 2.45) is 10.7 Å². The molecule has 0 atom stereocenters. The van der Waals surface area contributed by atoms with E-state index in [2.05, 4.69) is 27.2 Å². The molecule has 8 heteroatoms. The molecular formula is C18H25IN4O2S. The maximum atomic E-state index is 11.9. The van der Waals surface area contributed by atoms with Gasteiger partial charge in [0.05, 0.1) is 11.4 Å². The van der Waals surface area contributed by atoms with Crippen molar-refractivity contribution in [1.29, 1.82) is 0 Å². The molecule has 6 nitrogen and oxygen atoms in total. The van der Waals surface area contributed by atoms with Crippen molar-refractivity contribution in [3.63, 3.8) is 0 Å². The number of hydrogen-bond acceptors (Lipinski definition) is 3. The summed E-state index contributed by atoms with van der Waals surface area (Å²) in [5.41, 5.74) is 7.99. The molecule has 0 saturated carbocycles. The van der Waals surface area contributed by atoms with Gasteiger partial charge >= 0.3 is 0 Å². The molecule has 0 aliphatic carbocycles. The molecule has 0 amide bonds. The molecule has 0 aliphatic heterocycles.